The third kappa shape index (κ3) is 5.58. The van der Waals surface area contributed by atoms with Gasteiger partial charge < -0.3 is 15.8 Å². The van der Waals surface area contributed by atoms with Gasteiger partial charge in [-0.3, -0.25) is 14.3 Å². The molecule has 0 saturated carbocycles. The number of halogens is 6. The van der Waals surface area contributed by atoms with Crippen LogP contribution in [0.4, 0.5) is 23.2 Å². The summed E-state index contributed by atoms with van der Waals surface area (Å²) in [6, 6.07) is 3.50. The molecule has 152 valence electrons. The van der Waals surface area contributed by atoms with Crippen molar-refractivity contribution >= 4 is 45.0 Å². The topological polar surface area (TPSA) is 99.2 Å². The van der Waals surface area contributed by atoms with Crippen molar-refractivity contribution in [2.45, 2.75) is 19.4 Å². The Kier molecular flexibility index (Phi) is 7.24. The number of carbonyl (C=O) groups excluding carboxylic acids is 2. The number of ether oxygens (including phenoxy) is 1. The summed E-state index contributed by atoms with van der Waals surface area (Å²) >= 11 is 8.95. The Morgan fingerprint density at radius 1 is 1.25 bits per heavy atom. The number of nitrogens with two attached hydrogens (primary N) is 1. The van der Waals surface area contributed by atoms with Gasteiger partial charge >= 0.3 is 0 Å². The second-order valence-electron chi connectivity index (χ2n) is 5.27. The Morgan fingerprint density at radius 3 is 2.50 bits per heavy atom. The van der Waals surface area contributed by atoms with Crippen LogP contribution in [0.2, 0.25) is 5.02 Å². The minimum Gasteiger partial charge on any atom is -0.471 e. The van der Waals surface area contributed by atoms with E-state index >= 15 is 0 Å². The smallest absolute Gasteiger partial charge is 0.274 e. The molecule has 3 N–H and O–H groups in total. The maximum absolute atomic E-state index is 12.8. The number of hydrogen-bond acceptors (Lipinski definition) is 4. The number of hydrogen-bond donors (Lipinski definition) is 2. The van der Waals surface area contributed by atoms with E-state index in [1.54, 1.807) is 0 Å². The van der Waals surface area contributed by atoms with Crippen molar-refractivity contribution < 1.29 is 31.9 Å². The highest BCUT2D eigenvalue weighted by molar-refractivity contribution is 9.10. The van der Waals surface area contributed by atoms with Gasteiger partial charge in [0, 0.05) is 15.6 Å². The van der Waals surface area contributed by atoms with Crippen LogP contribution in [0.15, 0.2) is 22.7 Å². The van der Waals surface area contributed by atoms with Crippen LogP contribution < -0.4 is 15.8 Å². The summed E-state index contributed by atoms with van der Waals surface area (Å²) in [4.78, 5) is 24.1. The van der Waals surface area contributed by atoms with Crippen LogP contribution in [0.5, 0.6) is 5.88 Å². The molecule has 0 spiro atoms. The summed E-state index contributed by atoms with van der Waals surface area (Å²) in [5.74, 6) is -2.29. The van der Waals surface area contributed by atoms with Crippen molar-refractivity contribution in [1.29, 1.82) is 0 Å². The van der Waals surface area contributed by atoms with E-state index in [0.29, 0.717) is 4.68 Å². The first kappa shape index (κ1) is 22.0. The fraction of sp³-hybridized carbons (Fsp3) is 0.267. The molecule has 0 bridgehead atoms. The van der Waals surface area contributed by atoms with Gasteiger partial charge in [-0.25, -0.2) is 17.6 Å². The normalized spacial score (nSPS) is 11.1. The molecule has 13 heteroatoms. The first-order valence-electron chi connectivity index (χ1n) is 7.45. The first-order valence-corrected chi connectivity index (χ1v) is 8.62. The van der Waals surface area contributed by atoms with Crippen molar-refractivity contribution in [2.75, 3.05) is 11.9 Å². The number of anilines is 1. The average molecular weight is 488 g/mol. The van der Waals surface area contributed by atoms with Crippen molar-refractivity contribution in [2.24, 2.45) is 5.73 Å². The van der Waals surface area contributed by atoms with Gasteiger partial charge in [0.05, 0.1) is 11.3 Å². The third-order valence-electron chi connectivity index (χ3n) is 3.22. The number of rotatable bonds is 8. The minimum absolute atomic E-state index is 0.0539. The largest absolute Gasteiger partial charge is 0.471 e. The molecular formula is C15H12BrClF4N4O3. The standard InChI is InChI=1S/C15H12BrClF4N4O3/c16-8-2-6(17)1-7(14(22)26)13(8)23-15(27)9-3-12(28-5-11(20)21)24-25(9)4-10(18)19/h1-3,10-11H,4-5H2,(H2,22,26)(H,23,27). The van der Waals surface area contributed by atoms with Gasteiger partial charge in [0.1, 0.15) is 12.2 Å². The highest BCUT2D eigenvalue weighted by atomic mass is 79.9. The molecule has 2 amide bonds. The number of nitrogens with one attached hydrogen (secondary N) is 1. The van der Waals surface area contributed by atoms with Gasteiger partial charge in [-0.15, -0.1) is 5.10 Å². The minimum atomic E-state index is -2.88. The molecule has 0 atom stereocenters. The zero-order valence-electron chi connectivity index (χ0n) is 13.8. The molecule has 0 unspecified atom stereocenters. The molecule has 0 aliphatic rings. The molecule has 1 aromatic heterocycles. The molecular weight excluding hydrogens is 476 g/mol. The van der Waals surface area contributed by atoms with Crippen LogP contribution in [-0.4, -0.2) is 41.1 Å². The van der Waals surface area contributed by atoms with Crippen LogP contribution in [0.3, 0.4) is 0 Å². The Labute approximate surface area is 168 Å². The van der Waals surface area contributed by atoms with Gasteiger partial charge in [0.15, 0.2) is 6.61 Å². The van der Waals surface area contributed by atoms with Crippen LogP contribution in [0, 0.1) is 0 Å². The third-order valence-corrected chi connectivity index (χ3v) is 4.06. The molecule has 1 aromatic carbocycles. The number of primary amides is 1. The number of alkyl halides is 4. The van der Waals surface area contributed by atoms with E-state index in [0.717, 1.165) is 6.07 Å². The van der Waals surface area contributed by atoms with Crippen molar-refractivity contribution in [3.63, 3.8) is 0 Å². The van der Waals surface area contributed by atoms with Gasteiger partial charge in [-0.2, -0.15) is 0 Å². The summed E-state index contributed by atoms with van der Waals surface area (Å²) in [5, 5.41) is 6.07. The van der Waals surface area contributed by atoms with Crippen LogP contribution in [0.25, 0.3) is 0 Å². The molecule has 0 aliphatic carbocycles. The lowest BCUT2D eigenvalue weighted by molar-refractivity contribution is 0.0781. The molecule has 2 aromatic rings. The van der Waals surface area contributed by atoms with Crippen molar-refractivity contribution in [3.8, 4) is 5.88 Å². The zero-order chi connectivity index (χ0) is 21.0. The molecule has 1 heterocycles. The Morgan fingerprint density at radius 2 is 1.93 bits per heavy atom. The zero-order valence-corrected chi connectivity index (χ0v) is 16.1. The molecule has 2 rings (SSSR count). The predicted molar refractivity (Wildman–Crippen MR) is 95.4 cm³/mol. The van der Waals surface area contributed by atoms with E-state index in [9.17, 15) is 27.2 Å². The molecule has 28 heavy (non-hydrogen) atoms. The quantitative estimate of drug-likeness (QED) is 0.556. The van der Waals surface area contributed by atoms with E-state index in [1.165, 1.54) is 12.1 Å². The SMILES string of the molecule is NC(=O)c1cc(Cl)cc(Br)c1NC(=O)c1cc(OCC(F)F)nn1CC(F)F. The van der Waals surface area contributed by atoms with Crippen LogP contribution in [0.1, 0.15) is 20.8 Å². The number of aromatic nitrogens is 2. The first-order chi connectivity index (χ1) is 13.1. The number of amides is 2. The maximum Gasteiger partial charge on any atom is 0.274 e. The van der Waals surface area contributed by atoms with Crippen LogP contribution in [-0.2, 0) is 6.54 Å². The fourth-order valence-electron chi connectivity index (χ4n) is 2.14. The van der Waals surface area contributed by atoms with Gasteiger partial charge in [-0.1, -0.05) is 11.6 Å². The van der Waals surface area contributed by atoms with Crippen LogP contribution >= 0.6 is 27.5 Å². The number of carbonyl (C=O) groups is 2. The van der Waals surface area contributed by atoms with Crippen molar-refractivity contribution in [3.05, 3.63) is 39.0 Å². The van der Waals surface area contributed by atoms with E-state index < -0.39 is 49.4 Å². The monoisotopic (exact) mass is 486 g/mol. The second kappa shape index (κ2) is 9.24. The highest BCUT2D eigenvalue weighted by Crippen LogP contribution is 2.31. The molecule has 0 radical (unpaired) electrons. The van der Waals surface area contributed by atoms with E-state index in [1.807, 2.05) is 0 Å². The molecule has 0 fully saturated rings. The second-order valence-corrected chi connectivity index (χ2v) is 6.56. The summed E-state index contributed by atoms with van der Waals surface area (Å²) in [6.45, 7) is -2.01. The number of benzene rings is 1. The highest BCUT2D eigenvalue weighted by Gasteiger charge is 2.22. The summed E-state index contributed by atoms with van der Waals surface area (Å²) in [5.41, 5.74) is 4.66. The Hall–Kier alpha value is -2.34. The van der Waals surface area contributed by atoms with E-state index in [-0.39, 0.29) is 20.7 Å². The lowest BCUT2D eigenvalue weighted by Crippen LogP contribution is -2.22. The lowest BCUT2D eigenvalue weighted by Gasteiger charge is -2.12. The maximum atomic E-state index is 12.8. The van der Waals surface area contributed by atoms with Gasteiger partial charge in [0.25, 0.3) is 24.7 Å². The predicted octanol–water partition coefficient (Wildman–Crippen LogP) is 3.56. The summed E-state index contributed by atoms with van der Waals surface area (Å²) in [6.07, 6.45) is -5.70. The van der Waals surface area contributed by atoms with Gasteiger partial charge in [-0.05, 0) is 28.1 Å². The number of nitrogens with zero attached hydrogens (tertiary/aromatic N) is 2. The van der Waals surface area contributed by atoms with Gasteiger partial charge in [0.2, 0.25) is 5.88 Å². The van der Waals surface area contributed by atoms with E-state index in [2.05, 4.69) is 31.1 Å². The lowest BCUT2D eigenvalue weighted by atomic mass is 10.1. The molecule has 0 aliphatic heterocycles. The summed E-state index contributed by atoms with van der Waals surface area (Å²) < 4.78 is 55.5. The van der Waals surface area contributed by atoms with Crippen molar-refractivity contribution in [1.82, 2.24) is 9.78 Å². The summed E-state index contributed by atoms with van der Waals surface area (Å²) in [7, 11) is 0. The Balaban J connectivity index is 2.37. The average Bonchev–Trinajstić information content (AvgIpc) is 2.97. The Bertz CT molecular complexity index is 894. The molecule has 7 nitrogen and oxygen atoms in total. The molecule has 0 saturated heterocycles. The fourth-order valence-corrected chi connectivity index (χ4v) is 3.05. The van der Waals surface area contributed by atoms with E-state index in [4.69, 9.17) is 17.3 Å².